The van der Waals surface area contributed by atoms with E-state index in [4.69, 9.17) is 18.0 Å². The van der Waals surface area contributed by atoms with Gasteiger partial charge in [-0.2, -0.15) is 0 Å². The van der Waals surface area contributed by atoms with Crippen LogP contribution in [0.25, 0.3) is 0 Å². The lowest BCUT2D eigenvalue weighted by Gasteiger charge is -2.15. The highest BCUT2D eigenvalue weighted by Crippen LogP contribution is 2.20. The fraction of sp³-hybridized carbons (Fsp3) is 0.143. The summed E-state index contributed by atoms with van der Waals surface area (Å²) >= 11 is 5.16. The van der Waals surface area contributed by atoms with Gasteiger partial charge in [0, 0.05) is 18.3 Å². The molecule has 2 aromatic rings. The Morgan fingerprint density at radius 1 is 1.12 bits per heavy atom. The van der Waals surface area contributed by atoms with Crippen LogP contribution in [0.15, 0.2) is 54.9 Å². The third kappa shape index (κ3) is 3.11. The molecule has 0 amide bonds. The maximum absolute atomic E-state index is 5.83. The second-order valence-corrected chi connectivity index (χ2v) is 4.40. The Hall–Kier alpha value is -1.74. The summed E-state index contributed by atoms with van der Waals surface area (Å²) in [7, 11) is 0. The van der Waals surface area contributed by atoms with Crippen LogP contribution >= 0.6 is 12.2 Å². The zero-order chi connectivity index (χ0) is 12.1. The summed E-state index contributed by atoms with van der Waals surface area (Å²) in [6.07, 6.45) is 4.37. The molecule has 2 N–H and O–H groups in total. The van der Waals surface area contributed by atoms with Gasteiger partial charge < -0.3 is 5.73 Å². The van der Waals surface area contributed by atoms with Gasteiger partial charge in [-0.05, 0) is 29.7 Å². The van der Waals surface area contributed by atoms with E-state index in [9.17, 15) is 0 Å². The lowest BCUT2D eigenvalue weighted by atomic mass is 9.93. The Morgan fingerprint density at radius 2 is 1.76 bits per heavy atom. The Kier molecular flexibility index (Phi) is 3.83. The molecule has 0 fully saturated rings. The SMILES string of the molecule is NC(=S)C(Cc1ccccc1)c1ccncc1. The highest BCUT2D eigenvalue weighted by molar-refractivity contribution is 7.80. The highest BCUT2D eigenvalue weighted by Gasteiger charge is 2.14. The third-order valence-corrected chi connectivity index (χ3v) is 3.02. The van der Waals surface area contributed by atoms with Crippen molar-refractivity contribution in [2.75, 3.05) is 0 Å². The molecule has 0 aliphatic carbocycles. The van der Waals surface area contributed by atoms with Gasteiger partial charge in [0.1, 0.15) is 0 Å². The van der Waals surface area contributed by atoms with Crippen molar-refractivity contribution in [3.8, 4) is 0 Å². The minimum absolute atomic E-state index is 0.0791. The van der Waals surface area contributed by atoms with Crippen molar-refractivity contribution in [2.24, 2.45) is 5.73 Å². The van der Waals surface area contributed by atoms with Crippen molar-refractivity contribution in [3.05, 3.63) is 66.0 Å². The minimum Gasteiger partial charge on any atom is -0.393 e. The Balaban J connectivity index is 2.23. The van der Waals surface area contributed by atoms with Gasteiger partial charge in [-0.1, -0.05) is 42.5 Å². The van der Waals surface area contributed by atoms with Crippen LogP contribution in [0.2, 0.25) is 0 Å². The molecule has 1 aromatic carbocycles. The predicted octanol–water partition coefficient (Wildman–Crippen LogP) is 2.69. The number of pyridine rings is 1. The molecule has 0 bridgehead atoms. The van der Waals surface area contributed by atoms with Crippen LogP contribution in [-0.2, 0) is 6.42 Å². The average molecular weight is 242 g/mol. The van der Waals surface area contributed by atoms with Crippen LogP contribution in [0.4, 0.5) is 0 Å². The van der Waals surface area contributed by atoms with Gasteiger partial charge >= 0.3 is 0 Å². The molecule has 0 aliphatic heterocycles. The van der Waals surface area contributed by atoms with Crippen molar-refractivity contribution < 1.29 is 0 Å². The van der Waals surface area contributed by atoms with Crippen molar-refractivity contribution in [1.82, 2.24) is 4.98 Å². The summed E-state index contributed by atoms with van der Waals surface area (Å²) in [4.78, 5) is 4.54. The molecule has 3 heteroatoms. The summed E-state index contributed by atoms with van der Waals surface area (Å²) in [5, 5.41) is 0. The molecule has 1 atom stereocenters. The largest absolute Gasteiger partial charge is 0.393 e. The van der Waals surface area contributed by atoms with Gasteiger partial charge in [0.2, 0.25) is 0 Å². The smallest absolute Gasteiger partial charge is 0.0806 e. The molecule has 1 heterocycles. The van der Waals surface area contributed by atoms with Crippen molar-refractivity contribution in [1.29, 1.82) is 0 Å². The van der Waals surface area contributed by atoms with Gasteiger partial charge in [-0.25, -0.2) is 0 Å². The maximum Gasteiger partial charge on any atom is 0.0806 e. The normalized spacial score (nSPS) is 12.0. The number of thiocarbonyl (C=S) groups is 1. The first-order chi connectivity index (χ1) is 8.27. The number of benzene rings is 1. The van der Waals surface area contributed by atoms with E-state index in [0.717, 1.165) is 12.0 Å². The van der Waals surface area contributed by atoms with E-state index < -0.39 is 0 Å². The molecular weight excluding hydrogens is 228 g/mol. The highest BCUT2D eigenvalue weighted by atomic mass is 32.1. The first-order valence-electron chi connectivity index (χ1n) is 5.50. The molecule has 2 nitrogen and oxygen atoms in total. The summed E-state index contributed by atoms with van der Waals surface area (Å²) in [6, 6.07) is 14.2. The van der Waals surface area contributed by atoms with E-state index in [2.05, 4.69) is 17.1 Å². The molecule has 0 spiro atoms. The Bertz CT molecular complexity index is 482. The van der Waals surface area contributed by atoms with E-state index in [0.29, 0.717) is 4.99 Å². The molecular formula is C14H14N2S. The molecule has 2 rings (SSSR count). The number of nitrogens with zero attached hydrogens (tertiary/aromatic N) is 1. The minimum atomic E-state index is 0.0791. The summed E-state index contributed by atoms with van der Waals surface area (Å²) in [5.41, 5.74) is 8.19. The molecule has 17 heavy (non-hydrogen) atoms. The standard InChI is InChI=1S/C14H14N2S/c15-14(17)13(12-6-8-16-9-7-12)10-11-4-2-1-3-5-11/h1-9,13H,10H2,(H2,15,17). The van der Waals surface area contributed by atoms with E-state index in [-0.39, 0.29) is 5.92 Å². The first kappa shape index (κ1) is 11.7. The lowest BCUT2D eigenvalue weighted by Crippen LogP contribution is -2.21. The summed E-state index contributed by atoms with van der Waals surface area (Å²) in [6.45, 7) is 0. The van der Waals surface area contributed by atoms with E-state index >= 15 is 0 Å². The number of nitrogens with two attached hydrogens (primary N) is 1. The van der Waals surface area contributed by atoms with Crippen LogP contribution in [0.5, 0.6) is 0 Å². The third-order valence-electron chi connectivity index (χ3n) is 2.73. The van der Waals surface area contributed by atoms with E-state index in [1.54, 1.807) is 12.4 Å². The van der Waals surface area contributed by atoms with Crippen molar-refractivity contribution >= 4 is 17.2 Å². The average Bonchev–Trinajstić information content (AvgIpc) is 2.38. The van der Waals surface area contributed by atoms with Gasteiger partial charge in [-0.15, -0.1) is 0 Å². The molecule has 0 aliphatic rings. The molecule has 0 saturated heterocycles. The fourth-order valence-corrected chi connectivity index (χ4v) is 2.05. The van der Waals surface area contributed by atoms with E-state index in [1.807, 2.05) is 30.3 Å². The molecule has 0 saturated carbocycles. The van der Waals surface area contributed by atoms with Crippen molar-refractivity contribution in [2.45, 2.75) is 12.3 Å². The van der Waals surface area contributed by atoms with Gasteiger partial charge in [0.15, 0.2) is 0 Å². The quantitative estimate of drug-likeness (QED) is 0.838. The molecule has 1 unspecified atom stereocenters. The van der Waals surface area contributed by atoms with Gasteiger partial charge in [0.25, 0.3) is 0 Å². The lowest BCUT2D eigenvalue weighted by molar-refractivity contribution is 0.878. The molecule has 0 radical (unpaired) electrons. The van der Waals surface area contributed by atoms with Gasteiger partial charge in [-0.3, -0.25) is 4.98 Å². The van der Waals surface area contributed by atoms with Crippen LogP contribution < -0.4 is 5.73 Å². The van der Waals surface area contributed by atoms with Crippen LogP contribution in [0.1, 0.15) is 17.0 Å². The Labute approximate surface area is 107 Å². The van der Waals surface area contributed by atoms with Crippen LogP contribution in [0.3, 0.4) is 0 Å². The second-order valence-electron chi connectivity index (χ2n) is 3.93. The zero-order valence-electron chi connectivity index (χ0n) is 9.41. The second kappa shape index (κ2) is 5.55. The van der Waals surface area contributed by atoms with Crippen LogP contribution in [-0.4, -0.2) is 9.97 Å². The number of aromatic nitrogens is 1. The van der Waals surface area contributed by atoms with E-state index in [1.165, 1.54) is 5.56 Å². The maximum atomic E-state index is 5.83. The predicted molar refractivity (Wildman–Crippen MR) is 73.9 cm³/mol. The summed E-state index contributed by atoms with van der Waals surface area (Å²) < 4.78 is 0. The van der Waals surface area contributed by atoms with Crippen molar-refractivity contribution in [3.63, 3.8) is 0 Å². The number of hydrogen-bond donors (Lipinski definition) is 1. The zero-order valence-corrected chi connectivity index (χ0v) is 10.2. The topological polar surface area (TPSA) is 38.9 Å². The number of rotatable bonds is 4. The number of hydrogen-bond acceptors (Lipinski definition) is 2. The fourth-order valence-electron chi connectivity index (χ4n) is 1.83. The molecule has 1 aromatic heterocycles. The van der Waals surface area contributed by atoms with Crippen LogP contribution in [0, 0.1) is 0 Å². The molecule has 86 valence electrons. The summed E-state index contributed by atoms with van der Waals surface area (Å²) in [5.74, 6) is 0.0791. The monoisotopic (exact) mass is 242 g/mol. The van der Waals surface area contributed by atoms with Gasteiger partial charge in [0.05, 0.1) is 4.99 Å². The Morgan fingerprint density at radius 3 is 2.35 bits per heavy atom. The first-order valence-corrected chi connectivity index (χ1v) is 5.91.